The maximum Gasteiger partial charge on any atom is 0.472 e. The maximum atomic E-state index is 12.7. The molecular weight excluding hydrogens is 790 g/mol. The monoisotopic (exact) mass is 881 g/mol. The molecule has 354 valence electrons. The van der Waals surface area contributed by atoms with Gasteiger partial charge in [-0.1, -0.05) is 145 Å². The number of phosphoric acid groups is 1. The van der Waals surface area contributed by atoms with E-state index >= 15 is 0 Å². The lowest BCUT2D eigenvalue weighted by molar-refractivity contribution is -0.870. The zero-order chi connectivity index (χ0) is 45.1. The molecule has 0 amide bonds. The molecule has 0 aliphatic rings. The molecule has 0 aliphatic carbocycles. The first-order valence-corrected chi connectivity index (χ1v) is 25.5. The van der Waals surface area contributed by atoms with Crippen LogP contribution in [0, 0.1) is 0 Å². The number of unbranched alkanes of at least 4 members (excludes halogenated alkanes) is 17. The summed E-state index contributed by atoms with van der Waals surface area (Å²) in [6.07, 6.45) is 48.4. The van der Waals surface area contributed by atoms with Crippen molar-refractivity contribution in [2.75, 3.05) is 47.5 Å². The molecule has 0 aromatic carbocycles. The van der Waals surface area contributed by atoms with E-state index in [-0.39, 0.29) is 32.2 Å². The van der Waals surface area contributed by atoms with Gasteiger partial charge < -0.3 is 24.0 Å². The van der Waals surface area contributed by atoms with E-state index in [1.807, 2.05) is 34.1 Å². The zero-order valence-corrected chi connectivity index (χ0v) is 40.4. The molecule has 0 saturated carbocycles. The third kappa shape index (κ3) is 47.0. The third-order valence-electron chi connectivity index (χ3n) is 10.0. The van der Waals surface area contributed by atoms with E-state index in [9.17, 15) is 24.2 Å². The summed E-state index contributed by atoms with van der Waals surface area (Å²) >= 11 is 0. The van der Waals surface area contributed by atoms with Crippen LogP contribution in [-0.4, -0.2) is 86.1 Å². The molecule has 0 aromatic heterocycles. The van der Waals surface area contributed by atoms with E-state index in [0.29, 0.717) is 23.9 Å². The third-order valence-corrected chi connectivity index (χ3v) is 11.0. The number of esters is 2. The number of aliphatic hydroxyl groups excluding tert-OH is 1. The lowest BCUT2D eigenvalue weighted by Crippen LogP contribution is -2.37. The van der Waals surface area contributed by atoms with Crippen molar-refractivity contribution in [1.82, 2.24) is 0 Å². The average molecular weight is 881 g/mol. The Labute approximate surface area is 373 Å². The molecule has 3 atom stereocenters. The van der Waals surface area contributed by atoms with E-state index in [1.54, 1.807) is 0 Å². The van der Waals surface area contributed by atoms with Crippen LogP contribution in [0.4, 0.5) is 0 Å². The van der Waals surface area contributed by atoms with E-state index in [1.165, 1.54) is 83.5 Å². The van der Waals surface area contributed by atoms with Crippen LogP contribution in [0.25, 0.3) is 0 Å². The van der Waals surface area contributed by atoms with Crippen molar-refractivity contribution in [3.05, 3.63) is 60.8 Å². The Bertz CT molecular complexity index is 1240. The number of hydrogen-bond acceptors (Lipinski definition) is 8. The van der Waals surface area contributed by atoms with Gasteiger partial charge in [-0.2, -0.15) is 0 Å². The molecule has 2 N–H and O–H groups in total. The fourth-order valence-electron chi connectivity index (χ4n) is 6.25. The van der Waals surface area contributed by atoms with Gasteiger partial charge in [-0.05, 0) is 90.4 Å². The molecule has 11 heteroatoms. The van der Waals surface area contributed by atoms with Gasteiger partial charge in [0.15, 0.2) is 6.10 Å². The first-order valence-electron chi connectivity index (χ1n) is 24.0. The van der Waals surface area contributed by atoms with Crippen LogP contribution in [0.15, 0.2) is 60.8 Å². The predicted octanol–water partition coefficient (Wildman–Crippen LogP) is 13.0. The van der Waals surface area contributed by atoms with E-state index in [2.05, 4.69) is 61.6 Å². The second-order valence-electron chi connectivity index (χ2n) is 17.4. The lowest BCUT2D eigenvalue weighted by Gasteiger charge is -2.24. The highest BCUT2D eigenvalue weighted by atomic mass is 31.2. The molecule has 61 heavy (non-hydrogen) atoms. The van der Waals surface area contributed by atoms with Crippen molar-refractivity contribution >= 4 is 19.8 Å². The largest absolute Gasteiger partial charge is 0.472 e. The minimum atomic E-state index is -4.40. The second kappa shape index (κ2) is 41.7. The molecule has 0 bridgehead atoms. The Kier molecular flexibility index (Phi) is 40.1. The van der Waals surface area contributed by atoms with Gasteiger partial charge in [0.1, 0.15) is 19.8 Å². The normalized spacial score (nSPS) is 14.5. The van der Waals surface area contributed by atoms with Gasteiger partial charge in [-0.15, -0.1) is 0 Å². The molecule has 0 saturated heterocycles. The van der Waals surface area contributed by atoms with Crippen molar-refractivity contribution in [3.63, 3.8) is 0 Å². The highest BCUT2D eigenvalue weighted by Gasteiger charge is 2.27. The number of quaternary nitrogens is 1. The van der Waals surface area contributed by atoms with Gasteiger partial charge in [-0.25, -0.2) is 4.57 Å². The Balaban J connectivity index is 4.39. The number of carbonyl (C=O) groups excluding carboxylic acids is 2. The summed E-state index contributed by atoms with van der Waals surface area (Å²) in [5.41, 5.74) is 0. The van der Waals surface area contributed by atoms with Gasteiger partial charge in [-0.3, -0.25) is 18.6 Å². The number of carbonyl (C=O) groups is 2. The molecule has 0 spiro atoms. The first-order chi connectivity index (χ1) is 29.3. The minimum Gasteiger partial charge on any atom is -0.462 e. The quantitative estimate of drug-likeness (QED) is 0.0202. The molecule has 0 heterocycles. The summed E-state index contributed by atoms with van der Waals surface area (Å²) in [7, 11) is 1.42. The van der Waals surface area contributed by atoms with E-state index in [0.717, 1.165) is 64.2 Å². The second-order valence-corrected chi connectivity index (χ2v) is 18.9. The molecule has 0 radical (unpaired) electrons. The predicted molar refractivity (Wildman–Crippen MR) is 253 cm³/mol. The number of hydrogen-bond donors (Lipinski definition) is 2. The van der Waals surface area contributed by atoms with Crippen LogP contribution in [0.5, 0.6) is 0 Å². The number of likely N-dealkylation sites (N-methyl/N-ethyl adjacent to an activating group) is 1. The van der Waals surface area contributed by atoms with Crippen LogP contribution < -0.4 is 0 Å². The van der Waals surface area contributed by atoms with E-state index in [4.69, 9.17) is 18.5 Å². The van der Waals surface area contributed by atoms with Crippen LogP contribution in [-0.2, 0) is 32.7 Å². The molecule has 1 unspecified atom stereocenters. The highest BCUT2D eigenvalue weighted by molar-refractivity contribution is 7.47. The lowest BCUT2D eigenvalue weighted by atomic mass is 10.1. The van der Waals surface area contributed by atoms with Crippen molar-refractivity contribution in [2.45, 2.75) is 199 Å². The average Bonchev–Trinajstić information content (AvgIpc) is 3.20. The summed E-state index contributed by atoms with van der Waals surface area (Å²) in [4.78, 5) is 35.4. The molecule has 0 aromatic rings. The summed E-state index contributed by atoms with van der Waals surface area (Å²) < 4.78 is 34.3. The van der Waals surface area contributed by atoms with Crippen molar-refractivity contribution < 1.29 is 47.2 Å². The SMILES string of the molecule is CCCCCCCC/C=C\CCCCCCCCCCCC(=O)OC[C@H](COP(=O)(O)OCC[N+](C)(C)C)OC(=O)CCC/C=C\C/C=C\C/C=C\C/C=C\CCC[C@H](C)O. The van der Waals surface area contributed by atoms with Crippen LogP contribution >= 0.6 is 7.82 Å². The molecular formula is C50H91NO9P+. The van der Waals surface area contributed by atoms with Crippen LogP contribution in [0.3, 0.4) is 0 Å². The molecule has 0 aliphatic heterocycles. The number of ether oxygens (including phenoxy) is 2. The maximum absolute atomic E-state index is 12.7. The zero-order valence-electron chi connectivity index (χ0n) is 39.5. The minimum absolute atomic E-state index is 0.0134. The fraction of sp³-hybridized carbons (Fsp3) is 0.760. The number of phosphoric ester groups is 1. The number of aliphatic hydroxyl groups is 1. The standard InChI is InChI=1S/C50H90NO9P/c1-6-7-8-9-10-11-12-13-14-15-16-17-20-23-26-29-32-35-38-41-49(53)57-45-48(46-59-61(55,56)58-44-43-51(3,4)5)60-50(54)42-39-36-33-30-27-24-21-18-19-22-25-28-31-34-37-40-47(2)52/h13-14,19,21-22,24,28,30-31,33,47-48,52H,6-12,15-18,20,23,25-27,29,32,34-46H2,1-5H3/p+1/b14-13-,22-19-,24-21-,31-28-,33-30-/t47-,48+/m0/s1. The first kappa shape index (κ1) is 58.7. The number of rotatable bonds is 43. The fourth-order valence-corrected chi connectivity index (χ4v) is 7.00. The van der Waals surface area contributed by atoms with Crippen LogP contribution in [0.1, 0.15) is 187 Å². The summed E-state index contributed by atoms with van der Waals surface area (Å²) in [5, 5.41) is 9.29. The smallest absolute Gasteiger partial charge is 0.462 e. The Morgan fingerprint density at radius 1 is 0.574 bits per heavy atom. The van der Waals surface area contributed by atoms with Crippen molar-refractivity contribution in [3.8, 4) is 0 Å². The van der Waals surface area contributed by atoms with Crippen molar-refractivity contribution in [2.24, 2.45) is 0 Å². The Hall–Kier alpha value is -2.33. The molecule has 0 rings (SSSR count). The van der Waals surface area contributed by atoms with E-state index < -0.39 is 32.5 Å². The van der Waals surface area contributed by atoms with Gasteiger partial charge in [0.25, 0.3) is 0 Å². The van der Waals surface area contributed by atoms with Gasteiger partial charge in [0.2, 0.25) is 0 Å². The summed E-state index contributed by atoms with van der Waals surface area (Å²) in [6, 6.07) is 0. The van der Waals surface area contributed by atoms with Crippen LogP contribution in [0.2, 0.25) is 0 Å². The topological polar surface area (TPSA) is 129 Å². The van der Waals surface area contributed by atoms with Gasteiger partial charge >= 0.3 is 19.8 Å². The summed E-state index contributed by atoms with van der Waals surface area (Å²) in [6.45, 7) is 3.90. The molecule has 0 fully saturated rings. The van der Waals surface area contributed by atoms with Gasteiger partial charge in [0.05, 0.1) is 33.9 Å². The van der Waals surface area contributed by atoms with Gasteiger partial charge in [0, 0.05) is 12.8 Å². The Morgan fingerprint density at radius 2 is 1.02 bits per heavy atom. The Morgan fingerprint density at radius 3 is 1.54 bits per heavy atom. The van der Waals surface area contributed by atoms with Crippen molar-refractivity contribution in [1.29, 1.82) is 0 Å². The highest BCUT2D eigenvalue weighted by Crippen LogP contribution is 2.43. The molecule has 10 nitrogen and oxygen atoms in total. The summed E-state index contributed by atoms with van der Waals surface area (Å²) in [5.74, 6) is -0.884. The number of nitrogens with zero attached hydrogens (tertiary/aromatic N) is 1. The number of allylic oxidation sites excluding steroid dienone is 10.